The van der Waals surface area contributed by atoms with E-state index in [1.807, 2.05) is 24.3 Å². The predicted molar refractivity (Wildman–Crippen MR) is 127 cm³/mol. The van der Waals surface area contributed by atoms with Gasteiger partial charge in [0.05, 0.1) is 4.90 Å². The van der Waals surface area contributed by atoms with Crippen LogP contribution in [0.15, 0.2) is 82.5 Å². The lowest BCUT2D eigenvalue weighted by molar-refractivity contribution is -0.118. The van der Waals surface area contributed by atoms with Gasteiger partial charge < -0.3 is 14.6 Å². The number of fused-ring (bicyclic) bond motifs is 4. The van der Waals surface area contributed by atoms with E-state index in [-0.39, 0.29) is 34.8 Å². The Bertz CT molecular complexity index is 1350. The second-order valence-corrected chi connectivity index (χ2v) is 10.6. The maximum absolute atomic E-state index is 13.3. The van der Waals surface area contributed by atoms with E-state index in [2.05, 4.69) is 5.32 Å². The molecule has 0 radical (unpaired) electrons. The molecule has 3 heterocycles. The lowest BCUT2D eigenvalue weighted by atomic mass is 9.84. The molecule has 1 saturated heterocycles. The molecule has 2 aliphatic heterocycles. The first-order valence-electron chi connectivity index (χ1n) is 11.2. The van der Waals surface area contributed by atoms with Crippen LogP contribution in [0.1, 0.15) is 18.0 Å². The lowest BCUT2D eigenvalue weighted by Gasteiger charge is -2.42. The Balaban J connectivity index is 1.25. The topological polar surface area (TPSA) is 97.7 Å². The molecule has 0 saturated carbocycles. The number of pyridine rings is 1. The number of ether oxygens (including phenoxy) is 1. The molecule has 2 aliphatic rings. The zero-order chi connectivity index (χ0) is 23.7. The van der Waals surface area contributed by atoms with E-state index < -0.39 is 10.0 Å². The SMILES string of the molecule is O=C(COc1ccccc1)Nc1ccc(S(=O)(=O)N2C[C@H]3C[C@@H](C2)c2cccc(=O)n2C3)cc1. The third kappa shape index (κ3) is 4.49. The highest BCUT2D eigenvalue weighted by atomic mass is 32.2. The van der Waals surface area contributed by atoms with Gasteiger partial charge in [0, 0.05) is 43.0 Å². The number of carbonyl (C=O) groups is 1. The molecular formula is C25H25N3O5S. The number of carbonyl (C=O) groups excluding carboxylic acids is 1. The van der Waals surface area contributed by atoms with Crippen LogP contribution in [0.4, 0.5) is 5.69 Å². The van der Waals surface area contributed by atoms with Crippen LogP contribution < -0.4 is 15.6 Å². The summed E-state index contributed by atoms with van der Waals surface area (Å²) in [6, 6.07) is 20.4. The summed E-state index contributed by atoms with van der Waals surface area (Å²) in [5, 5.41) is 2.71. The average Bonchev–Trinajstić information content (AvgIpc) is 2.84. The van der Waals surface area contributed by atoms with Gasteiger partial charge in [0.1, 0.15) is 5.75 Å². The van der Waals surface area contributed by atoms with Crippen LogP contribution in [0.3, 0.4) is 0 Å². The third-order valence-corrected chi connectivity index (χ3v) is 8.18. The molecule has 2 atom stereocenters. The van der Waals surface area contributed by atoms with E-state index in [9.17, 15) is 18.0 Å². The summed E-state index contributed by atoms with van der Waals surface area (Å²) in [5.74, 6) is 0.360. The van der Waals surface area contributed by atoms with E-state index in [0.717, 1.165) is 12.1 Å². The van der Waals surface area contributed by atoms with E-state index in [4.69, 9.17) is 4.74 Å². The number of anilines is 1. The summed E-state index contributed by atoms with van der Waals surface area (Å²) in [5.41, 5.74) is 1.36. The molecule has 3 aromatic rings. The fraction of sp³-hybridized carbons (Fsp3) is 0.280. The molecule has 0 spiro atoms. The number of aromatic nitrogens is 1. The van der Waals surface area contributed by atoms with Crippen molar-refractivity contribution in [1.29, 1.82) is 0 Å². The highest BCUT2D eigenvalue weighted by Gasteiger charge is 2.39. The van der Waals surface area contributed by atoms with Crippen molar-refractivity contribution in [2.45, 2.75) is 23.8 Å². The quantitative estimate of drug-likeness (QED) is 0.586. The van der Waals surface area contributed by atoms with Crippen molar-refractivity contribution in [3.8, 4) is 5.75 Å². The fourth-order valence-electron chi connectivity index (χ4n) is 4.77. The lowest BCUT2D eigenvalue weighted by Crippen LogP contribution is -2.48. The summed E-state index contributed by atoms with van der Waals surface area (Å²) in [4.78, 5) is 24.6. The Morgan fingerprint density at radius 3 is 2.47 bits per heavy atom. The monoisotopic (exact) mass is 479 g/mol. The zero-order valence-corrected chi connectivity index (χ0v) is 19.3. The second kappa shape index (κ2) is 9.08. The van der Waals surface area contributed by atoms with Gasteiger partial charge >= 0.3 is 0 Å². The Hall–Kier alpha value is -3.43. The minimum atomic E-state index is -3.70. The molecule has 2 bridgehead atoms. The van der Waals surface area contributed by atoms with Gasteiger partial charge in [0.15, 0.2) is 6.61 Å². The summed E-state index contributed by atoms with van der Waals surface area (Å²) in [6.07, 6.45) is 0.880. The molecule has 1 fully saturated rings. The van der Waals surface area contributed by atoms with Crippen LogP contribution in [-0.4, -0.2) is 42.9 Å². The first-order valence-corrected chi connectivity index (χ1v) is 12.6. The molecule has 1 N–H and O–H groups in total. The Labute approximate surface area is 197 Å². The summed E-state index contributed by atoms with van der Waals surface area (Å²) in [6.45, 7) is 1.12. The van der Waals surface area contributed by atoms with Crippen molar-refractivity contribution >= 4 is 21.6 Å². The number of amides is 1. The first-order chi connectivity index (χ1) is 16.4. The van der Waals surface area contributed by atoms with Gasteiger partial charge in [-0.05, 0) is 54.8 Å². The molecule has 34 heavy (non-hydrogen) atoms. The van der Waals surface area contributed by atoms with Crippen LogP contribution in [-0.2, 0) is 21.4 Å². The van der Waals surface area contributed by atoms with Gasteiger partial charge in [-0.3, -0.25) is 9.59 Å². The average molecular weight is 480 g/mol. The molecule has 2 aromatic carbocycles. The summed E-state index contributed by atoms with van der Waals surface area (Å²) >= 11 is 0. The van der Waals surface area contributed by atoms with Crippen molar-refractivity contribution in [2.75, 3.05) is 25.0 Å². The number of sulfonamides is 1. The van der Waals surface area contributed by atoms with Crippen LogP contribution in [0, 0.1) is 5.92 Å². The minimum Gasteiger partial charge on any atom is -0.484 e. The van der Waals surface area contributed by atoms with Crippen molar-refractivity contribution in [3.05, 3.63) is 88.8 Å². The van der Waals surface area contributed by atoms with Gasteiger partial charge in [-0.1, -0.05) is 24.3 Å². The highest BCUT2D eigenvalue weighted by molar-refractivity contribution is 7.89. The third-order valence-electron chi connectivity index (χ3n) is 6.34. The smallest absolute Gasteiger partial charge is 0.262 e. The van der Waals surface area contributed by atoms with E-state index in [0.29, 0.717) is 31.1 Å². The van der Waals surface area contributed by atoms with Crippen molar-refractivity contribution in [1.82, 2.24) is 8.87 Å². The van der Waals surface area contributed by atoms with Gasteiger partial charge in [-0.15, -0.1) is 0 Å². The van der Waals surface area contributed by atoms with Gasteiger partial charge in [-0.25, -0.2) is 8.42 Å². The molecular weight excluding hydrogens is 454 g/mol. The molecule has 0 aliphatic carbocycles. The summed E-state index contributed by atoms with van der Waals surface area (Å²) in [7, 11) is -3.70. The molecule has 1 amide bonds. The van der Waals surface area contributed by atoms with E-state index in [1.165, 1.54) is 16.4 Å². The largest absolute Gasteiger partial charge is 0.484 e. The number of piperidine rings is 1. The molecule has 0 unspecified atom stereocenters. The van der Waals surface area contributed by atoms with Gasteiger partial charge in [0.2, 0.25) is 10.0 Å². The van der Waals surface area contributed by atoms with Crippen molar-refractivity contribution in [3.63, 3.8) is 0 Å². The number of rotatable bonds is 6. The molecule has 5 rings (SSSR count). The Morgan fingerprint density at radius 2 is 1.71 bits per heavy atom. The highest BCUT2D eigenvalue weighted by Crippen LogP contribution is 2.37. The van der Waals surface area contributed by atoms with Crippen LogP contribution in [0.25, 0.3) is 0 Å². The zero-order valence-electron chi connectivity index (χ0n) is 18.5. The maximum atomic E-state index is 13.3. The van der Waals surface area contributed by atoms with Crippen LogP contribution >= 0.6 is 0 Å². The molecule has 1 aromatic heterocycles. The number of hydrogen-bond donors (Lipinski definition) is 1. The predicted octanol–water partition coefficient (Wildman–Crippen LogP) is 2.67. The molecule has 8 nitrogen and oxygen atoms in total. The van der Waals surface area contributed by atoms with Crippen molar-refractivity contribution < 1.29 is 17.9 Å². The van der Waals surface area contributed by atoms with Crippen LogP contribution in [0.2, 0.25) is 0 Å². The number of para-hydroxylation sites is 1. The normalized spacial score (nSPS) is 19.8. The van der Waals surface area contributed by atoms with Crippen LogP contribution in [0.5, 0.6) is 5.75 Å². The number of hydrogen-bond acceptors (Lipinski definition) is 5. The van der Waals surface area contributed by atoms with Gasteiger partial charge in [0.25, 0.3) is 11.5 Å². The molecule has 176 valence electrons. The number of benzene rings is 2. The Morgan fingerprint density at radius 1 is 0.941 bits per heavy atom. The summed E-state index contributed by atoms with van der Waals surface area (Å²) < 4.78 is 35.4. The molecule has 9 heteroatoms. The van der Waals surface area contributed by atoms with Gasteiger partial charge in [-0.2, -0.15) is 4.31 Å². The fourth-order valence-corrected chi connectivity index (χ4v) is 6.33. The standard InChI is InChI=1S/C25H25N3O5S/c29-24(17-33-21-5-2-1-3-6-21)26-20-9-11-22(12-10-20)34(31,32)27-14-18-13-19(16-27)23-7-4-8-25(30)28(23)15-18/h1-12,18-19H,13-17H2,(H,26,29)/t18-,19+/m1/s1. The maximum Gasteiger partial charge on any atom is 0.262 e. The van der Waals surface area contributed by atoms with E-state index >= 15 is 0 Å². The Kier molecular flexibility index (Phi) is 5.97. The minimum absolute atomic E-state index is 0.000601. The van der Waals surface area contributed by atoms with E-state index in [1.54, 1.807) is 41.0 Å². The number of nitrogens with zero attached hydrogens (tertiary/aromatic N) is 2. The first kappa shape index (κ1) is 22.4. The second-order valence-electron chi connectivity index (χ2n) is 8.69. The number of nitrogens with one attached hydrogen (secondary N) is 1. The van der Waals surface area contributed by atoms with Crippen molar-refractivity contribution in [2.24, 2.45) is 5.92 Å².